The smallest absolute Gasteiger partial charge is 0.216 e. The number of ether oxygens (including phenoxy) is 1. The maximum absolute atomic E-state index is 5.87. The minimum absolute atomic E-state index is 0.603. The highest BCUT2D eigenvalue weighted by Gasteiger charge is 2.14. The monoisotopic (exact) mass is 263 g/mol. The van der Waals surface area contributed by atoms with Crippen LogP contribution in [0.1, 0.15) is 38.2 Å². The van der Waals surface area contributed by atoms with Crippen molar-refractivity contribution in [2.45, 2.75) is 40.0 Å². The van der Waals surface area contributed by atoms with E-state index in [1.165, 1.54) is 12.8 Å². The number of nitrogens with one attached hydrogen (secondary N) is 1. The van der Waals surface area contributed by atoms with Crippen LogP contribution < -0.4 is 10.1 Å². The summed E-state index contributed by atoms with van der Waals surface area (Å²) in [6, 6.07) is 1.99. The molecule has 1 aliphatic rings. The van der Waals surface area contributed by atoms with Crippen molar-refractivity contribution in [1.29, 1.82) is 0 Å². The number of hydrogen-bond donors (Lipinski definition) is 1. The van der Waals surface area contributed by atoms with Crippen molar-refractivity contribution in [3.63, 3.8) is 0 Å². The number of piperidine rings is 1. The largest absolute Gasteiger partial charge is 0.477 e. The molecule has 1 aromatic rings. The molecule has 1 saturated heterocycles. The summed E-state index contributed by atoms with van der Waals surface area (Å²) in [7, 11) is 0. The third-order valence-corrected chi connectivity index (χ3v) is 3.41. The molecule has 0 saturated carbocycles. The number of aromatic nitrogens is 2. The van der Waals surface area contributed by atoms with Gasteiger partial charge in [-0.15, -0.1) is 0 Å². The van der Waals surface area contributed by atoms with Gasteiger partial charge in [0, 0.05) is 11.8 Å². The van der Waals surface area contributed by atoms with Crippen LogP contribution in [0.2, 0.25) is 0 Å². The number of hydrogen-bond acceptors (Lipinski definition) is 4. The molecule has 0 aliphatic carbocycles. The summed E-state index contributed by atoms with van der Waals surface area (Å²) in [6.07, 6.45) is 3.37. The molecule has 1 aromatic heterocycles. The van der Waals surface area contributed by atoms with E-state index in [1.807, 2.05) is 13.0 Å². The van der Waals surface area contributed by atoms with Crippen LogP contribution in [-0.2, 0) is 6.42 Å². The van der Waals surface area contributed by atoms with E-state index in [0.717, 1.165) is 43.5 Å². The van der Waals surface area contributed by atoms with E-state index in [0.29, 0.717) is 11.8 Å². The first kappa shape index (κ1) is 14.3. The Labute approximate surface area is 116 Å². The fourth-order valence-corrected chi connectivity index (χ4v) is 2.45. The Kier molecular flexibility index (Phi) is 5.14. The molecule has 4 nitrogen and oxygen atoms in total. The summed E-state index contributed by atoms with van der Waals surface area (Å²) >= 11 is 0. The van der Waals surface area contributed by atoms with Crippen molar-refractivity contribution >= 4 is 0 Å². The average molecular weight is 263 g/mol. The van der Waals surface area contributed by atoms with Crippen LogP contribution in [-0.4, -0.2) is 29.7 Å². The summed E-state index contributed by atoms with van der Waals surface area (Å²) < 4.78 is 5.87. The van der Waals surface area contributed by atoms with Gasteiger partial charge in [-0.05, 0) is 51.1 Å². The van der Waals surface area contributed by atoms with Crippen LogP contribution in [0.4, 0.5) is 0 Å². The van der Waals surface area contributed by atoms with Gasteiger partial charge in [-0.2, -0.15) is 4.98 Å². The lowest BCUT2D eigenvalue weighted by atomic mass is 9.99. The van der Waals surface area contributed by atoms with Crippen LogP contribution >= 0.6 is 0 Å². The van der Waals surface area contributed by atoms with Gasteiger partial charge in [0.25, 0.3) is 0 Å². The number of nitrogens with zero attached hydrogens (tertiary/aromatic N) is 2. The minimum Gasteiger partial charge on any atom is -0.477 e. The first-order valence-electron chi connectivity index (χ1n) is 7.31. The van der Waals surface area contributed by atoms with Crippen LogP contribution in [0.5, 0.6) is 5.88 Å². The van der Waals surface area contributed by atoms with Gasteiger partial charge < -0.3 is 10.1 Å². The Hall–Kier alpha value is -1.16. The topological polar surface area (TPSA) is 47.0 Å². The van der Waals surface area contributed by atoms with E-state index in [9.17, 15) is 0 Å². The van der Waals surface area contributed by atoms with Crippen LogP contribution in [0.25, 0.3) is 0 Å². The zero-order valence-electron chi connectivity index (χ0n) is 12.3. The molecule has 4 heteroatoms. The molecule has 2 heterocycles. The maximum atomic E-state index is 5.87. The van der Waals surface area contributed by atoms with Crippen LogP contribution in [0, 0.1) is 18.8 Å². The fourth-order valence-electron chi connectivity index (χ4n) is 2.45. The third kappa shape index (κ3) is 4.78. The second-order valence-electron chi connectivity index (χ2n) is 5.85. The second kappa shape index (κ2) is 6.85. The van der Waals surface area contributed by atoms with Gasteiger partial charge in [0.15, 0.2) is 0 Å². The van der Waals surface area contributed by atoms with Gasteiger partial charge in [0.05, 0.1) is 6.61 Å². The van der Waals surface area contributed by atoms with E-state index in [1.54, 1.807) is 0 Å². The van der Waals surface area contributed by atoms with E-state index >= 15 is 0 Å². The van der Waals surface area contributed by atoms with Crippen molar-refractivity contribution in [2.24, 2.45) is 11.8 Å². The molecule has 0 amide bonds. The van der Waals surface area contributed by atoms with Gasteiger partial charge in [-0.3, -0.25) is 0 Å². The molecule has 0 unspecified atom stereocenters. The molecule has 0 aromatic carbocycles. The summed E-state index contributed by atoms with van der Waals surface area (Å²) in [6.45, 7) is 9.32. The first-order chi connectivity index (χ1) is 9.13. The van der Waals surface area contributed by atoms with E-state index in [2.05, 4.69) is 29.1 Å². The molecule has 0 radical (unpaired) electrons. The SMILES string of the molecule is Cc1nc(CC(C)C)cc(OCC2CCNCC2)n1. The predicted molar refractivity (Wildman–Crippen MR) is 76.4 cm³/mol. The molecule has 0 spiro atoms. The Morgan fingerprint density at radius 1 is 1.32 bits per heavy atom. The standard InChI is InChI=1S/C15H25N3O/c1-11(2)8-14-9-15(18-12(3)17-14)19-10-13-4-6-16-7-5-13/h9,11,13,16H,4-8,10H2,1-3H3. The Morgan fingerprint density at radius 2 is 2.05 bits per heavy atom. The molecule has 0 atom stereocenters. The van der Waals surface area contributed by atoms with Crippen LogP contribution in [0.15, 0.2) is 6.07 Å². The molecule has 1 aliphatic heterocycles. The lowest BCUT2D eigenvalue weighted by molar-refractivity contribution is 0.208. The minimum atomic E-state index is 0.603. The fraction of sp³-hybridized carbons (Fsp3) is 0.733. The van der Waals surface area contributed by atoms with E-state index in [-0.39, 0.29) is 0 Å². The summed E-state index contributed by atoms with van der Waals surface area (Å²) in [5, 5.41) is 3.37. The Balaban J connectivity index is 1.93. The second-order valence-corrected chi connectivity index (χ2v) is 5.85. The van der Waals surface area contributed by atoms with Gasteiger partial charge in [0.1, 0.15) is 5.82 Å². The van der Waals surface area contributed by atoms with Gasteiger partial charge in [-0.1, -0.05) is 13.8 Å². The maximum Gasteiger partial charge on any atom is 0.216 e. The summed E-state index contributed by atoms with van der Waals surface area (Å²) in [5.41, 5.74) is 1.09. The average Bonchev–Trinajstić information content (AvgIpc) is 2.36. The first-order valence-corrected chi connectivity index (χ1v) is 7.31. The molecule has 1 N–H and O–H groups in total. The molecule has 106 valence electrons. The normalized spacial score (nSPS) is 16.8. The van der Waals surface area contributed by atoms with E-state index in [4.69, 9.17) is 4.74 Å². The number of rotatable bonds is 5. The molecular formula is C15H25N3O. The summed E-state index contributed by atoms with van der Waals surface area (Å²) in [4.78, 5) is 8.84. The van der Waals surface area contributed by atoms with Gasteiger partial charge >= 0.3 is 0 Å². The zero-order valence-corrected chi connectivity index (χ0v) is 12.3. The Bertz CT molecular complexity index is 400. The van der Waals surface area contributed by atoms with Gasteiger partial charge in [0.2, 0.25) is 5.88 Å². The van der Waals surface area contributed by atoms with Crippen molar-refractivity contribution in [2.75, 3.05) is 19.7 Å². The van der Waals surface area contributed by atoms with Crippen molar-refractivity contribution in [3.05, 3.63) is 17.6 Å². The van der Waals surface area contributed by atoms with Crippen LogP contribution in [0.3, 0.4) is 0 Å². The van der Waals surface area contributed by atoms with Gasteiger partial charge in [-0.25, -0.2) is 4.98 Å². The summed E-state index contributed by atoms with van der Waals surface area (Å²) in [5.74, 6) is 2.80. The van der Waals surface area contributed by atoms with E-state index < -0.39 is 0 Å². The lowest BCUT2D eigenvalue weighted by Crippen LogP contribution is -2.30. The number of aryl methyl sites for hydroxylation is 1. The molecule has 19 heavy (non-hydrogen) atoms. The molecule has 0 bridgehead atoms. The van der Waals surface area contributed by atoms with Crippen molar-refractivity contribution in [1.82, 2.24) is 15.3 Å². The predicted octanol–water partition coefficient (Wildman–Crippen LogP) is 2.36. The quantitative estimate of drug-likeness (QED) is 0.886. The zero-order chi connectivity index (χ0) is 13.7. The highest BCUT2D eigenvalue weighted by Crippen LogP contribution is 2.16. The lowest BCUT2D eigenvalue weighted by Gasteiger charge is -2.22. The van der Waals surface area contributed by atoms with Crippen molar-refractivity contribution < 1.29 is 4.74 Å². The molecule has 2 rings (SSSR count). The highest BCUT2D eigenvalue weighted by molar-refractivity contribution is 5.16. The molecule has 1 fully saturated rings. The van der Waals surface area contributed by atoms with Crippen molar-refractivity contribution in [3.8, 4) is 5.88 Å². The third-order valence-electron chi connectivity index (χ3n) is 3.41. The Morgan fingerprint density at radius 3 is 2.74 bits per heavy atom. The molecular weight excluding hydrogens is 238 g/mol. The highest BCUT2D eigenvalue weighted by atomic mass is 16.5.